The van der Waals surface area contributed by atoms with Gasteiger partial charge in [0.1, 0.15) is 0 Å². The van der Waals surface area contributed by atoms with E-state index in [-0.39, 0.29) is 0 Å². The van der Waals surface area contributed by atoms with E-state index >= 15 is 0 Å². The van der Waals surface area contributed by atoms with E-state index in [0.717, 1.165) is 17.1 Å². The molecule has 0 saturated carbocycles. The second-order valence-corrected chi connectivity index (χ2v) is 19.4. The largest absolute Gasteiger partial charge is 0.309 e. The van der Waals surface area contributed by atoms with Crippen LogP contribution in [0.3, 0.4) is 0 Å². The molecule has 0 atom stereocenters. The Labute approximate surface area is 411 Å². The molecule has 11 aromatic carbocycles. The molecule has 0 radical (unpaired) electrons. The molecule has 0 saturated heterocycles. The molecule has 0 aliphatic heterocycles. The lowest BCUT2D eigenvalue weighted by Gasteiger charge is -2.34. The van der Waals surface area contributed by atoms with Crippen molar-refractivity contribution in [1.82, 2.24) is 4.57 Å². The molecule has 0 spiro atoms. The van der Waals surface area contributed by atoms with Crippen LogP contribution in [-0.4, -0.2) is 4.57 Å². The number of hydrogen-bond acceptors (Lipinski definition) is 2. The average Bonchev–Trinajstić information content (AvgIpc) is 4.09. The van der Waals surface area contributed by atoms with Crippen LogP contribution in [0.15, 0.2) is 267 Å². The number of benzene rings is 11. The molecule has 0 bridgehead atoms. The minimum Gasteiger partial charge on any atom is -0.309 e. The summed E-state index contributed by atoms with van der Waals surface area (Å²) in [4.78, 5) is 2.48. The van der Waals surface area contributed by atoms with Crippen LogP contribution in [0, 0.1) is 0 Å². The van der Waals surface area contributed by atoms with Gasteiger partial charge in [0.25, 0.3) is 0 Å². The van der Waals surface area contributed by atoms with Crippen LogP contribution in [0.4, 0.5) is 17.1 Å². The van der Waals surface area contributed by atoms with Crippen molar-refractivity contribution in [2.45, 2.75) is 5.41 Å². The van der Waals surface area contributed by atoms with E-state index in [2.05, 4.69) is 276 Å². The summed E-state index contributed by atoms with van der Waals surface area (Å²) in [5, 5.41) is 5.04. The Bertz CT molecular complexity index is 4000. The molecule has 3 heteroatoms. The topological polar surface area (TPSA) is 8.17 Å². The van der Waals surface area contributed by atoms with Crippen molar-refractivity contribution in [2.24, 2.45) is 0 Å². The molecule has 0 fully saturated rings. The summed E-state index contributed by atoms with van der Waals surface area (Å²) in [6, 6.07) is 98.8. The van der Waals surface area contributed by atoms with Crippen molar-refractivity contribution in [3.05, 3.63) is 289 Å². The third kappa shape index (κ3) is 6.12. The number of anilines is 3. The predicted octanol–water partition coefficient (Wildman–Crippen LogP) is 18.3. The average molecular weight is 909 g/mol. The van der Waals surface area contributed by atoms with Gasteiger partial charge in [-0.05, 0) is 105 Å². The van der Waals surface area contributed by atoms with Crippen molar-refractivity contribution in [2.75, 3.05) is 4.90 Å². The van der Waals surface area contributed by atoms with E-state index < -0.39 is 5.41 Å². The van der Waals surface area contributed by atoms with Crippen molar-refractivity contribution < 1.29 is 0 Å². The van der Waals surface area contributed by atoms with Gasteiger partial charge in [-0.15, -0.1) is 11.3 Å². The fourth-order valence-electron chi connectivity index (χ4n) is 11.6. The molecule has 0 amide bonds. The molecule has 1 aliphatic rings. The van der Waals surface area contributed by atoms with Gasteiger partial charge < -0.3 is 9.47 Å². The second kappa shape index (κ2) is 16.2. The molecule has 0 N–H and O–H groups in total. The number of para-hydroxylation sites is 3. The third-order valence-corrected chi connectivity index (χ3v) is 15.9. The number of nitrogens with zero attached hydrogens (tertiary/aromatic N) is 2. The Hall–Kier alpha value is -8.76. The summed E-state index contributed by atoms with van der Waals surface area (Å²) >= 11 is 1.87. The zero-order chi connectivity index (χ0) is 46.2. The maximum absolute atomic E-state index is 2.51. The molecule has 328 valence electrons. The summed E-state index contributed by atoms with van der Waals surface area (Å²) in [6.45, 7) is 0. The summed E-state index contributed by atoms with van der Waals surface area (Å²) < 4.78 is 5.07. The summed E-state index contributed by atoms with van der Waals surface area (Å²) in [6.07, 6.45) is 0. The number of thiophene rings is 1. The van der Waals surface area contributed by atoms with Crippen LogP contribution in [0.5, 0.6) is 0 Å². The van der Waals surface area contributed by atoms with E-state index in [9.17, 15) is 0 Å². The van der Waals surface area contributed by atoms with E-state index in [0.29, 0.717) is 0 Å². The normalized spacial score (nSPS) is 12.7. The van der Waals surface area contributed by atoms with Gasteiger partial charge in [0.2, 0.25) is 0 Å². The van der Waals surface area contributed by atoms with Gasteiger partial charge in [0, 0.05) is 48.9 Å². The summed E-state index contributed by atoms with van der Waals surface area (Å²) in [7, 11) is 0. The van der Waals surface area contributed by atoms with Gasteiger partial charge in [0.05, 0.1) is 26.8 Å². The standard InChI is InChI=1S/C67H44N2S/c1-5-18-45(19-6-1)47-32-36-49(37-33-47)67(50-38-34-48(35-39-50)46-20-7-2-8-21-46)59-42-40-53(68(51-22-9-3-10-23-51)62-30-17-28-57-55-27-14-16-31-63(55)70-66(57)62)44-58(59)64-60(67)43-41-56-54-26-13-15-29-61(54)69(65(56)64)52-24-11-4-12-25-52/h1-44H. The first-order valence-electron chi connectivity index (χ1n) is 24.1. The zero-order valence-corrected chi connectivity index (χ0v) is 39.0. The van der Waals surface area contributed by atoms with E-state index in [1.807, 2.05) is 11.3 Å². The molecule has 13 aromatic rings. The Morgan fingerprint density at radius 2 is 0.914 bits per heavy atom. The van der Waals surface area contributed by atoms with Crippen LogP contribution in [0.2, 0.25) is 0 Å². The molecule has 2 nitrogen and oxygen atoms in total. The molecule has 1 aliphatic carbocycles. The van der Waals surface area contributed by atoms with Crippen LogP contribution < -0.4 is 4.90 Å². The van der Waals surface area contributed by atoms with Crippen LogP contribution in [0.1, 0.15) is 22.3 Å². The number of fused-ring (bicyclic) bond motifs is 10. The molecule has 2 heterocycles. The molecule has 0 unspecified atom stereocenters. The van der Waals surface area contributed by atoms with Crippen LogP contribution in [-0.2, 0) is 5.41 Å². The first-order valence-corrected chi connectivity index (χ1v) is 24.9. The van der Waals surface area contributed by atoms with E-state index in [4.69, 9.17) is 0 Å². The van der Waals surface area contributed by atoms with Crippen molar-refractivity contribution >= 4 is 70.4 Å². The molecule has 70 heavy (non-hydrogen) atoms. The lowest BCUT2D eigenvalue weighted by atomic mass is 9.67. The monoisotopic (exact) mass is 908 g/mol. The fourth-order valence-corrected chi connectivity index (χ4v) is 12.8. The minimum absolute atomic E-state index is 0.678. The van der Waals surface area contributed by atoms with Crippen LogP contribution in [0.25, 0.3) is 81.0 Å². The first kappa shape index (κ1) is 40.3. The SMILES string of the molecule is c1ccc(-c2ccc(C3(c4ccc(-c5ccccc5)cc4)c4ccc(N(c5ccccc5)c5cccc6c5sc5ccccc56)cc4-c4c3ccc3c5ccccc5n(-c5ccccc5)c43)cc2)cc1. The van der Waals surface area contributed by atoms with Gasteiger partial charge in [-0.3, -0.25) is 0 Å². The molecule has 14 rings (SSSR count). The maximum Gasteiger partial charge on any atom is 0.0714 e. The second-order valence-electron chi connectivity index (χ2n) is 18.4. The predicted molar refractivity (Wildman–Crippen MR) is 297 cm³/mol. The Balaban J connectivity index is 1.10. The number of hydrogen-bond donors (Lipinski definition) is 0. The van der Waals surface area contributed by atoms with Gasteiger partial charge in [-0.25, -0.2) is 0 Å². The fraction of sp³-hybridized carbons (Fsp3) is 0.0149. The Morgan fingerprint density at radius 3 is 1.59 bits per heavy atom. The lowest BCUT2D eigenvalue weighted by molar-refractivity contribution is 0.769. The number of rotatable bonds is 8. The van der Waals surface area contributed by atoms with Crippen molar-refractivity contribution in [1.29, 1.82) is 0 Å². The lowest BCUT2D eigenvalue weighted by Crippen LogP contribution is -2.28. The minimum atomic E-state index is -0.678. The maximum atomic E-state index is 2.51. The zero-order valence-electron chi connectivity index (χ0n) is 38.2. The third-order valence-electron chi connectivity index (χ3n) is 14.7. The molecule has 2 aromatic heterocycles. The highest BCUT2D eigenvalue weighted by atomic mass is 32.1. The highest BCUT2D eigenvalue weighted by Gasteiger charge is 2.48. The van der Waals surface area contributed by atoms with Gasteiger partial charge in [-0.1, -0.05) is 212 Å². The first-order chi connectivity index (χ1) is 34.7. The van der Waals surface area contributed by atoms with Crippen LogP contribution >= 0.6 is 11.3 Å². The summed E-state index contributed by atoms with van der Waals surface area (Å²) in [5.74, 6) is 0. The molecular weight excluding hydrogens is 865 g/mol. The van der Waals surface area contributed by atoms with Crippen molar-refractivity contribution in [3.8, 4) is 39.1 Å². The Kier molecular flexibility index (Phi) is 9.33. The van der Waals surface area contributed by atoms with Gasteiger partial charge in [0.15, 0.2) is 0 Å². The smallest absolute Gasteiger partial charge is 0.0714 e. The van der Waals surface area contributed by atoms with E-state index in [1.165, 1.54) is 103 Å². The van der Waals surface area contributed by atoms with Gasteiger partial charge in [-0.2, -0.15) is 0 Å². The highest BCUT2D eigenvalue weighted by Crippen LogP contribution is 2.60. The quantitative estimate of drug-likeness (QED) is 0.147. The van der Waals surface area contributed by atoms with E-state index in [1.54, 1.807) is 0 Å². The molecular formula is C67H44N2S. The Morgan fingerprint density at radius 1 is 0.371 bits per heavy atom. The highest BCUT2D eigenvalue weighted by molar-refractivity contribution is 7.26. The van der Waals surface area contributed by atoms with Gasteiger partial charge >= 0.3 is 0 Å². The number of aromatic nitrogens is 1. The van der Waals surface area contributed by atoms with Crippen molar-refractivity contribution in [3.63, 3.8) is 0 Å². The summed E-state index contributed by atoms with van der Waals surface area (Å²) in [5.41, 5.74) is 18.5.